The van der Waals surface area contributed by atoms with Gasteiger partial charge in [-0.3, -0.25) is 19.7 Å². The van der Waals surface area contributed by atoms with Crippen molar-refractivity contribution in [1.82, 2.24) is 5.32 Å². The van der Waals surface area contributed by atoms with E-state index in [2.05, 4.69) is 21.9 Å². The standard InChI is InChI=1S/C17H23N3O5/c1-3-13-6-4-5-9-19(13)14-8-7-12(10-15(14)20(23)24)17(22)18-11-16(21)25-2/h7-8,10,13H,3-6,9,11H2,1-2H3,(H,18,22). The number of esters is 1. The molecule has 2 rings (SSSR count). The Kier molecular flexibility index (Phi) is 6.32. The average Bonchev–Trinajstić information content (AvgIpc) is 2.65. The van der Waals surface area contributed by atoms with Crippen LogP contribution in [0.5, 0.6) is 0 Å². The molecule has 8 heteroatoms. The predicted octanol–water partition coefficient (Wildman–Crippen LogP) is 2.27. The molecule has 25 heavy (non-hydrogen) atoms. The highest BCUT2D eigenvalue weighted by molar-refractivity contribution is 5.97. The zero-order chi connectivity index (χ0) is 18.4. The van der Waals surface area contributed by atoms with Crippen molar-refractivity contribution in [1.29, 1.82) is 0 Å². The maximum absolute atomic E-state index is 12.1. The topological polar surface area (TPSA) is 102 Å². The first kappa shape index (κ1) is 18.7. The van der Waals surface area contributed by atoms with Gasteiger partial charge in [0.1, 0.15) is 12.2 Å². The number of rotatable bonds is 6. The number of benzene rings is 1. The first-order chi connectivity index (χ1) is 12.0. The fourth-order valence-electron chi connectivity index (χ4n) is 3.12. The second-order valence-electron chi connectivity index (χ2n) is 5.97. The molecule has 1 N–H and O–H groups in total. The lowest BCUT2D eigenvalue weighted by atomic mass is 9.98. The average molecular weight is 349 g/mol. The van der Waals surface area contributed by atoms with Gasteiger partial charge in [-0.25, -0.2) is 0 Å². The molecule has 1 aliphatic rings. The molecule has 0 aliphatic carbocycles. The first-order valence-corrected chi connectivity index (χ1v) is 8.38. The van der Waals surface area contributed by atoms with Crippen LogP contribution in [0, 0.1) is 10.1 Å². The van der Waals surface area contributed by atoms with Gasteiger partial charge in [0.15, 0.2) is 0 Å². The van der Waals surface area contributed by atoms with Crippen LogP contribution >= 0.6 is 0 Å². The largest absolute Gasteiger partial charge is 0.468 e. The summed E-state index contributed by atoms with van der Waals surface area (Å²) in [5.74, 6) is -1.13. The SMILES string of the molecule is CCC1CCCCN1c1ccc(C(=O)NCC(=O)OC)cc1[N+](=O)[O-]. The summed E-state index contributed by atoms with van der Waals surface area (Å²) in [4.78, 5) is 36.3. The summed E-state index contributed by atoms with van der Waals surface area (Å²) in [6, 6.07) is 4.71. The Morgan fingerprint density at radius 1 is 1.40 bits per heavy atom. The van der Waals surface area contributed by atoms with E-state index in [4.69, 9.17) is 0 Å². The Morgan fingerprint density at radius 2 is 2.16 bits per heavy atom. The van der Waals surface area contributed by atoms with Crippen LogP contribution in [-0.4, -0.2) is 43.0 Å². The maximum Gasteiger partial charge on any atom is 0.325 e. The van der Waals surface area contributed by atoms with Gasteiger partial charge in [0.05, 0.1) is 12.0 Å². The molecular weight excluding hydrogens is 326 g/mol. The van der Waals surface area contributed by atoms with Crippen LogP contribution in [0.1, 0.15) is 43.0 Å². The fourth-order valence-corrected chi connectivity index (χ4v) is 3.12. The van der Waals surface area contributed by atoms with Gasteiger partial charge in [0.2, 0.25) is 0 Å². The molecule has 0 saturated carbocycles. The van der Waals surface area contributed by atoms with Crippen molar-refractivity contribution in [3.05, 3.63) is 33.9 Å². The van der Waals surface area contributed by atoms with E-state index in [1.807, 2.05) is 0 Å². The summed E-state index contributed by atoms with van der Waals surface area (Å²) in [5, 5.41) is 13.9. The van der Waals surface area contributed by atoms with Crippen LogP contribution in [-0.2, 0) is 9.53 Å². The third kappa shape index (κ3) is 4.46. The molecule has 1 amide bonds. The molecule has 1 aromatic rings. The lowest BCUT2D eigenvalue weighted by Crippen LogP contribution is -2.39. The normalized spacial score (nSPS) is 17.0. The molecule has 1 atom stereocenters. The minimum Gasteiger partial charge on any atom is -0.468 e. The Labute approximate surface area is 146 Å². The minimum atomic E-state index is -0.585. The highest BCUT2D eigenvalue weighted by Gasteiger charge is 2.28. The number of carbonyl (C=O) groups excluding carboxylic acids is 2. The summed E-state index contributed by atoms with van der Waals surface area (Å²) in [6.45, 7) is 2.56. The summed E-state index contributed by atoms with van der Waals surface area (Å²) >= 11 is 0. The summed E-state index contributed by atoms with van der Waals surface area (Å²) in [5.41, 5.74) is 0.594. The number of anilines is 1. The number of hydrogen-bond acceptors (Lipinski definition) is 6. The van der Waals surface area contributed by atoms with Crippen LogP contribution in [0.4, 0.5) is 11.4 Å². The van der Waals surface area contributed by atoms with E-state index >= 15 is 0 Å². The zero-order valence-corrected chi connectivity index (χ0v) is 14.5. The van der Waals surface area contributed by atoms with E-state index in [9.17, 15) is 19.7 Å². The van der Waals surface area contributed by atoms with Crippen LogP contribution < -0.4 is 10.2 Å². The van der Waals surface area contributed by atoms with Crippen molar-refractivity contribution in [2.45, 2.75) is 38.6 Å². The van der Waals surface area contributed by atoms with Crippen molar-refractivity contribution in [3.8, 4) is 0 Å². The lowest BCUT2D eigenvalue weighted by molar-refractivity contribution is -0.384. The monoisotopic (exact) mass is 349 g/mol. The molecule has 1 unspecified atom stereocenters. The molecule has 0 aromatic heterocycles. The number of nitrogens with zero attached hydrogens (tertiary/aromatic N) is 2. The zero-order valence-electron chi connectivity index (χ0n) is 14.5. The lowest BCUT2D eigenvalue weighted by Gasteiger charge is -2.36. The number of hydrogen-bond donors (Lipinski definition) is 1. The Bertz CT molecular complexity index is 662. The second-order valence-corrected chi connectivity index (χ2v) is 5.97. The third-order valence-electron chi connectivity index (χ3n) is 4.46. The molecule has 1 heterocycles. The van der Waals surface area contributed by atoms with E-state index < -0.39 is 16.8 Å². The molecular formula is C17H23N3O5. The van der Waals surface area contributed by atoms with E-state index in [0.717, 1.165) is 32.2 Å². The third-order valence-corrected chi connectivity index (χ3v) is 4.46. The smallest absolute Gasteiger partial charge is 0.325 e. The highest BCUT2D eigenvalue weighted by atomic mass is 16.6. The van der Waals surface area contributed by atoms with Gasteiger partial charge in [-0.05, 0) is 37.8 Å². The van der Waals surface area contributed by atoms with E-state index in [0.29, 0.717) is 5.69 Å². The minimum absolute atomic E-state index is 0.0916. The van der Waals surface area contributed by atoms with Gasteiger partial charge in [-0.15, -0.1) is 0 Å². The van der Waals surface area contributed by atoms with Crippen LogP contribution in [0.2, 0.25) is 0 Å². The number of nitro groups is 1. The number of piperidine rings is 1. The van der Waals surface area contributed by atoms with E-state index in [-0.39, 0.29) is 23.8 Å². The Balaban J connectivity index is 2.26. The van der Waals surface area contributed by atoms with Gasteiger partial charge in [-0.1, -0.05) is 6.92 Å². The van der Waals surface area contributed by atoms with Crippen molar-refractivity contribution < 1.29 is 19.2 Å². The van der Waals surface area contributed by atoms with Crippen LogP contribution in [0.15, 0.2) is 18.2 Å². The van der Waals surface area contributed by atoms with Gasteiger partial charge < -0.3 is 15.0 Å². The maximum atomic E-state index is 12.1. The highest BCUT2D eigenvalue weighted by Crippen LogP contribution is 2.34. The first-order valence-electron chi connectivity index (χ1n) is 8.38. The van der Waals surface area contributed by atoms with Gasteiger partial charge in [0, 0.05) is 24.2 Å². The van der Waals surface area contributed by atoms with Crippen molar-refractivity contribution in [3.63, 3.8) is 0 Å². The predicted molar refractivity (Wildman–Crippen MR) is 92.7 cm³/mol. The van der Waals surface area contributed by atoms with Crippen molar-refractivity contribution in [2.75, 3.05) is 25.1 Å². The quantitative estimate of drug-likeness (QED) is 0.480. The summed E-state index contributed by atoms with van der Waals surface area (Å²) < 4.78 is 4.45. The van der Waals surface area contributed by atoms with Gasteiger partial charge in [-0.2, -0.15) is 0 Å². The molecule has 1 saturated heterocycles. The van der Waals surface area contributed by atoms with E-state index in [1.54, 1.807) is 12.1 Å². The number of carbonyl (C=O) groups is 2. The molecule has 8 nitrogen and oxygen atoms in total. The molecule has 1 fully saturated rings. The van der Waals surface area contributed by atoms with Crippen LogP contribution in [0.3, 0.4) is 0 Å². The molecule has 1 aliphatic heterocycles. The molecule has 0 spiro atoms. The van der Waals surface area contributed by atoms with Crippen molar-refractivity contribution in [2.24, 2.45) is 0 Å². The molecule has 136 valence electrons. The molecule has 0 radical (unpaired) electrons. The Morgan fingerprint density at radius 3 is 2.80 bits per heavy atom. The number of methoxy groups -OCH3 is 1. The number of nitrogens with one attached hydrogen (secondary N) is 1. The summed E-state index contributed by atoms with van der Waals surface area (Å²) in [7, 11) is 1.22. The number of nitro benzene ring substituents is 1. The Hall–Kier alpha value is -2.64. The number of ether oxygens (including phenoxy) is 1. The molecule has 1 aromatic carbocycles. The fraction of sp³-hybridized carbons (Fsp3) is 0.529. The van der Waals surface area contributed by atoms with Crippen LogP contribution in [0.25, 0.3) is 0 Å². The van der Waals surface area contributed by atoms with Gasteiger partial charge in [0.25, 0.3) is 11.6 Å². The molecule has 0 bridgehead atoms. The number of amides is 1. The van der Waals surface area contributed by atoms with Crippen molar-refractivity contribution >= 4 is 23.3 Å². The van der Waals surface area contributed by atoms with E-state index in [1.165, 1.54) is 13.2 Å². The second kappa shape index (κ2) is 8.46. The van der Waals surface area contributed by atoms with Gasteiger partial charge >= 0.3 is 5.97 Å². The summed E-state index contributed by atoms with van der Waals surface area (Å²) in [6.07, 6.45) is 4.04.